The number of rotatable bonds is 4. The van der Waals surface area contributed by atoms with E-state index in [-0.39, 0.29) is 10.8 Å². The van der Waals surface area contributed by atoms with Gasteiger partial charge in [0.15, 0.2) is 5.82 Å². The van der Waals surface area contributed by atoms with Crippen molar-refractivity contribution in [2.75, 3.05) is 19.0 Å². The average molecular weight is 464 g/mol. The summed E-state index contributed by atoms with van der Waals surface area (Å²) in [6.07, 6.45) is 0. The van der Waals surface area contributed by atoms with E-state index in [2.05, 4.69) is 57.1 Å². The summed E-state index contributed by atoms with van der Waals surface area (Å²) in [5, 5.41) is 25.3. The molecule has 0 amide bonds. The molecule has 0 saturated carbocycles. The van der Waals surface area contributed by atoms with Crippen LogP contribution in [0.3, 0.4) is 0 Å². The first-order chi connectivity index (χ1) is 15.3. The van der Waals surface area contributed by atoms with Crippen molar-refractivity contribution in [1.29, 1.82) is 5.26 Å². The molecular weight excluding hydrogens is 430 g/mol. The zero-order valence-electron chi connectivity index (χ0n) is 21.3. The first kappa shape index (κ1) is 24.6. The molecule has 7 nitrogen and oxygen atoms in total. The van der Waals surface area contributed by atoms with Crippen LogP contribution in [0.5, 0.6) is 0 Å². The highest BCUT2D eigenvalue weighted by molar-refractivity contribution is 7.11. The minimum absolute atomic E-state index is 0.194. The third-order valence-corrected chi connectivity index (χ3v) is 6.35. The molecule has 3 rings (SSSR count). The molecule has 0 aliphatic carbocycles. The van der Waals surface area contributed by atoms with E-state index in [1.54, 1.807) is 4.68 Å². The Kier molecular flexibility index (Phi) is 6.49. The second kappa shape index (κ2) is 8.71. The number of azo groups is 1. The maximum absolute atomic E-state index is 10.1. The van der Waals surface area contributed by atoms with E-state index in [1.807, 2.05) is 51.0 Å². The van der Waals surface area contributed by atoms with Crippen molar-refractivity contribution in [3.8, 4) is 11.8 Å². The van der Waals surface area contributed by atoms with Crippen molar-refractivity contribution in [2.45, 2.75) is 66.2 Å². The van der Waals surface area contributed by atoms with Crippen LogP contribution in [0.25, 0.3) is 5.69 Å². The average Bonchev–Trinajstić information content (AvgIpc) is 3.27. The molecule has 0 saturated heterocycles. The first-order valence-electron chi connectivity index (χ1n) is 11.0. The summed E-state index contributed by atoms with van der Waals surface area (Å²) >= 11 is 1.41. The molecule has 174 valence electrons. The van der Waals surface area contributed by atoms with E-state index in [1.165, 1.54) is 11.5 Å². The van der Waals surface area contributed by atoms with Crippen LogP contribution in [0.2, 0.25) is 0 Å². The van der Waals surface area contributed by atoms with Gasteiger partial charge < -0.3 is 4.90 Å². The third kappa shape index (κ3) is 4.69. The summed E-state index contributed by atoms with van der Waals surface area (Å²) in [7, 11) is 3.94. The molecule has 0 fully saturated rings. The Morgan fingerprint density at radius 1 is 0.970 bits per heavy atom. The fraction of sp³-hybridized carbons (Fsp3) is 0.480. The van der Waals surface area contributed by atoms with Crippen LogP contribution >= 0.6 is 11.5 Å². The van der Waals surface area contributed by atoms with Gasteiger partial charge in [0, 0.05) is 24.9 Å². The molecule has 8 heteroatoms. The summed E-state index contributed by atoms with van der Waals surface area (Å²) in [6, 6.07) is 8.45. The monoisotopic (exact) mass is 463 g/mol. The van der Waals surface area contributed by atoms with Crippen molar-refractivity contribution >= 4 is 28.0 Å². The minimum atomic E-state index is -0.327. The summed E-state index contributed by atoms with van der Waals surface area (Å²) in [5.74, 6) is 0.440. The molecular formula is C25H33N7S. The van der Waals surface area contributed by atoms with Gasteiger partial charge in [-0.2, -0.15) is 14.7 Å². The third-order valence-electron chi connectivity index (χ3n) is 5.35. The van der Waals surface area contributed by atoms with Crippen molar-refractivity contribution < 1.29 is 0 Å². The van der Waals surface area contributed by atoms with Gasteiger partial charge in [0.25, 0.3) is 0 Å². The molecule has 3 aromatic rings. The second-order valence-corrected chi connectivity index (χ2v) is 11.3. The number of hydrogen-bond donors (Lipinski definition) is 0. The van der Waals surface area contributed by atoms with Crippen molar-refractivity contribution in [2.24, 2.45) is 10.2 Å². The molecule has 0 aliphatic rings. The van der Waals surface area contributed by atoms with E-state index in [4.69, 9.17) is 10.2 Å². The van der Waals surface area contributed by atoms with Crippen molar-refractivity contribution in [3.05, 3.63) is 46.3 Å². The number of anilines is 1. The Labute approximate surface area is 200 Å². The van der Waals surface area contributed by atoms with Gasteiger partial charge in [-0.15, -0.1) is 10.2 Å². The Hall–Kier alpha value is -3.05. The van der Waals surface area contributed by atoms with E-state index >= 15 is 0 Å². The van der Waals surface area contributed by atoms with E-state index < -0.39 is 0 Å². The van der Waals surface area contributed by atoms with Crippen LogP contribution in [0.4, 0.5) is 16.5 Å². The summed E-state index contributed by atoms with van der Waals surface area (Å²) in [4.78, 5) is 2.00. The summed E-state index contributed by atoms with van der Waals surface area (Å²) in [6.45, 7) is 16.6. The fourth-order valence-electron chi connectivity index (χ4n) is 3.67. The van der Waals surface area contributed by atoms with Gasteiger partial charge in [-0.1, -0.05) is 59.7 Å². The zero-order valence-corrected chi connectivity index (χ0v) is 22.1. The van der Waals surface area contributed by atoms with E-state index in [0.29, 0.717) is 17.1 Å². The maximum atomic E-state index is 10.1. The molecule has 0 atom stereocenters. The lowest BCUT2D eigenvalue weighted by atomic mass is 9.90. The quantitative estimate of drug-likeness (QED) is 0.394. The molecule has 0 aliphatic heterocycles. The lowest BCUT2D eigenvalue weighted by Crippen LogP contribution is -2.14. The van der Waals surface area contributed by atoms with Crippen LogP contribution in [-0.4, -0.2) is 28.2 Å². The Morgan fingerprint density at radius 2 is 1.55 bits per heavy atom. The van der Waals surface area contributed by atoms with Gasteiger partial charge in [-0.05, 0) is 36.5 Å². The number of aryl methyl sites for hydroxylation is 2. The van der Waals surface area contributed by atoms with Gasteiger partial charge in [-0.3, -0.25) is 0 Å². The largest absolute Gasteiger partial charge is 0.366 e. The van der Waals surface area contributed by atoms with Crippen LogP contribution in [0, 0.1) is 25.2 Å². The van der Waals surface area contributed by atoms with E-state index in [9.17, 15) is 5.26 Å². The lowest BCUT2D eigenvalue weighted by molar-refractivity contribution is 0.558. The van der Waals surface area contributed by atoms with Crippen molar-refractivity contribution in [1.82, 2.24) is 14.2 Å². The maximum Gasteiger partial charge on any atom is 0.196 e. The Balaban J connectivity index is 2.33. The first-order valence-corrected chi connectivity index (χ1v) is 11.7. The van der Waals surface area contributed by atoms with Gasteiger partial charge in [0.2, 0.25) is 0 Å². The topological polar surface area (TPSA) is 82.5 Å². The number of hydrogen-bond acceptors (Lipinski definition) is 7. The standard InChI is InChI=1S/C25H33N7S/c1-15-12-11-13-16(2)19(15)32-22(17(14-26)20(29-32)24(3,4)5)28-27-18-21(25(6,7)8)30-33-23(18)31(9)10/h11-13H,1-10H3/b28-27+. The molecule has 0 radical (unpaired) electrons. The number of benzene rings is 1. The Bertz CT molecular complexity index is 1220. The predicted octanol–water partition coefficient (Wildman–Crippen LogP) is 6.89. The summed E-state index contributed by atoms with van der Waals surface area (Å²) < 4.78 is 6.45. The highest BCUT2D eigenvalue weighted by atomic mass is 32.1. The highest BCUT2D eigenvalue weighted by Gasteiger charge is 2.30. The molecule has 0 N–H and O–H groups in total. The molecule has 0 bridgehead atoms. The molecule has 1 aromatic carbocycles. The van der Waals surface area contributed by atoms with Crippen LogP contribution in [0.1, 0.15) is 69.6 Å². The van der Waals surface area contributed by atoms with E-state index in [0.717, 1.165) is 33.2 Å². The van der Waals surface area contributed by atoms with Gasteiger partial charge in [-0.25, -0.2) is 4.68 Å². The normalized spacial score (nSPS) is 12.4. The number of nitrogens with zero attached hydrogens (tertiary/aromatic N) is 7. The highest BCUT2D eigenvalue weighted by Crippen LogP contribution is 2.43. The second-order valence-electron chi connectivity index (χ2n) is 10.6. The molecule has 2 aromatic heterocycles. The SMILES string of the molecule is Cc1cccc(C)c1-n1nc(C(C)(C)C)c(C#N)c1/N=N/c1c(C(C)(C)C)nsc1N(C)C. The van der Waals surface area contributed by atoms with Crippen LogP contribution < -0.4 is 4.90 Å². The van der Waals surface area contributed by atoms with Crippen LogP contribution in [-0.2, 0) is 10.8 Å². The lowest BCUT2D eigenvalue weighted by Gasteiger charge is -2.17. The number of para-hydroxylation sites is 1. The molecule has 2 heterocycles. The van der Waals surface area contributed by atoms with Gasteiger partial charge in [0.05, 0.1) is 17.1 Å². The van der Waals surface area contributed by atoms with Gasteiger partial charge in [0.1, 0.15) is 22.3 Å². The van der Waals surface area contributed by atoms with Gasteiger partial charge >= 0.3 is 0 Å². The Morgan fingerprint density at radius 3 is 2.03 bits per heavy atom. The van der Waals surface area contributed by atoms with Crippen LogP contribution in [0.15, 0.2) is 28.4 Å². The predicted molar refractivity (Wildman–Crippen MR) is 136 cm³/mol. The number of nitriles is 1. The van der Waals surface area contributed by atoms with Crippen molar-refractivity contribution in [3.63, 3.8) is 0 Å². The number of aromatic nitrogens is 3. The summed E-state index contributed by atoms with van der Waals surface area (Å²) in [5.41, 5.74) is 5.27. The smallest absolute Gasteiger partial charge is 0.196 e. The zero-order chi connectivity index (χ0) is 24.7. The fourth-order valence-corrected chi connectivity index (χ4v) is 4.60. The molecule has 0 unspecified atom stereocenters. The molecule has 0 spiro atoms. The minimum Gasteiger partial charge on any atom is -0.366 e. The molecule has 33 heavy (non-hydrogen) atoms.